The van der Waals surface area contributed by atoms with E-state index in [1.54, 1.807) is 0 Å². The molecule has 218 valence electrons. The molecule has 2 aromatic rings. The number of nitrogens with two attached hydrogens (primary N) is 1. The zero-order chi connectivity index (χ0) is 28.8. The molecule has 2 aromatic carbocycles. The first kappa shape index (κ1) is 31.6. The number of halogens is 3. The molecule has 3 rings (SSSR count). The van der Waals surface area contributed by atoms with Crippen molar-refractivity contribution in [3.05, 3.63) is 48.5 Å². The number of primary sulfonamides is 1. The molecule has 3 N–H and O–H groups in total. The summed E-state index contributed by atoms with van der Waals surface area (Å²) in [6.07, 6.45) is -2.93. The van der Waals surface area contributed by atoms with Crippen molar-refractivity contribution in [3.8, 4) is 0 Å². The summed E-state index contributed by atoms with van der Waals surface area (Å²) in [4.78, 5) is 3.85. The molecule has 0 saturated carbocycles. The van der Waals surface area contributed by atoms with E-state index >= 15 is 0 Å². The van der Waals surface area contributed by atoms with Crippen molar-refractivity contribution in [1.29, 1.82) is 0 Å². The van der Waals surface area contributed by atoms with Crippen LogP contribution >= 0.6 is 11.8 Å². The van der Waals surface area contributed by atoms with Gasteiger partial charge in [0.2, 0.25) is 10.0 Å². The van der Waals surface area contributed by atoms with Crippen LogP contribution in [0.4, 0.5) is 18.9 Å². The van der Waals surface area contributed by atoms with E-state index in [-0.39, 0.29) is 11.7 Å². The summed E-state index contributed by atoms with van der Waals surface area (Å²) in [5.41, 5.74) is -0.211. The van der Waals surface area contributed by atoms with E-state index in [4.69, 9.17) is 5.14 Å². The molecule has 39 heavy (non-hydrogen) atoms. The summed E-state index contributed by atoms with van der Waals surface area (Å²) in [5, 5.41) is 8.14. The van der Waals surface area contributed by atoms with Crippen LogP contribution in [-0.4, -0.2) is 84.6 Å². The van der Waals surface area contributed by atoms with Crippen LogP contribution in [0.2, 0.25) is 0 Å². The van der Waals surface area contributed by atoms with Crippen molar-refractivity contribution in [2.45, 2.75) is 52.4 Å². The van der Waals surface area contributed by atoms with Gasteiger partial charge >= 0.3 is 16.5 Å². The molecular formula is C24H33F3N4O5S3. The van der Waals surface area contributed by atoms with Gasteiger partial charge in [-0.15, -0.1) is 24.9 Å². The Hall–Kier alpha value is -1.88. The maximum atomic E-state index is 12.9. The normalized spacial score (nSPS) is 16.9. The molecule has 1 saturated heterocycles. The highest BCUT2D eigenvalue weighted by Gasteiger charge is 2.39. The average Bonchev–Trinajstić information content (AvgIpc) is 2.84. The first-order chi connectivity index (χ1) is 18.1. The Labute approximate surface area is 232 Å². The highest BCUT2D eigenvalue weighted by molar-refractivity contribution is 7.99. The predicted molar refractivity (Wildman–Crippen MR) is 144 cm³/mol. The number of hydrogen-bond acceptors (Lipinski definition) is 9. The number of likely N-dealkylation sites (tertiary alicyclic amines) is 1. The molecule has 1 aliphatic rings. The van der Waals surface area contributed by atoms with Gasteiger partial charge in [0.1, 0.15) is 4.90 Å². The molecule has 0 aliphatic carbocycles. The molecule has 0 spiro atoms. The van der Waals surface area contributed by atoms with Crippen LogP contribution in [0, 0.1) is 0 Å². The van der Waals surface area contributed by atoms with E-state index in [0.717, 1.165) is 43.0 Å². The number of sulfonamides is 1. The zero-order valence-corrected chi connectivity index (χ0v) is 24.0. The van der Waals surface area contributed by atoms with Crippen LogP contribution in [0.25, 0.3) is 0 Å². The van der Waals surface area contributed by atoms with Crippen LogP contribution < -0.4 is 10.5 Å². The van der Waals surface area contributed by atoms with Gasteiger partial charge in [0.05, 0.1) is 10.6 Å². The summed E-state index contributed by atoms with van der Waals surface area (Å²) in [6.45, 7) is 2.47. The highest BCUT2D eigenvalue weighted by Crippen LogP contribution is 2.32. The standard InChI is InChI=1S/C24H33F3N4O5S3/c1-30(2)19-11-14-31(15-12-19)13-10-18(17-37-20-6-4-3-5-7-20)29-22-9-8-21(38(28,32)33)16-23(22)39(34,35)36-24(25,26)27/h3-9,16,18-19,29H,10-15,17H2,1-2H3,(H2,28,32,33)/t18-/m1/s1. The van der Waals surface area contributed by atoms with Crippen molar-refractivity contribution in [2.75, 3.05) is 44.8 Å². The number of nitrogens with one attached hydrogen (secondary N) is 1. The Morgan fingerprint density at radius 1 is 1.10 bits per heavy atom. The fourth-order valence-corrected chi connectivity index (χ4v) is 6.92. The van der Waals surface area contributed by atoms with Gasteiger partial charge in [-0.3, -0.25) is 0 Å². The Bertz CT molecular complexity index is 1300. The topological polar surface area (TPSA) is 122 Å². The van der Waals surface area contributed by atoms with E-state index in [1.165, 1.54) is 11.8 Å². The van der Waals surface area contributed by atoms with Crippen LogP contribution in [0.15, 0.2) is 63.2 Å². The smallest absolute Gasteiger partial charge is 0.380 e. The predicted octanol–water partition coefficient (Wildman–Crippen LogP) is 3.55. The lowest BCUT2D eigenvalue weighted by atomic mass is 10.0. The lowest BCUT2D eigenvalue weighted by Gasteiger charge is -2.36. The third-order valence-electron chi connectivity index (χ3n) is 6.39. The van der Waals surface area contributed by atoms with Gasteiger partial charge in [-0.1, -0.05) is 18.2 Å². The van der Waals surface area contributed by atoms with Crippen LogP contribution in [0.3, 0.4) is 0 Å². The van der Waals surface area contributed by atoms with Gasteiger partial charge in [-0.2, -0.15) is 12.6 Å². The van der Waals surface area contributed by atoms with Gasteiger partial charge < -0.3 is 15.1 Å². The van der Waals surface area contributed by atoms with Gasteiger partial charge in [0.15, 0.2) is 0 Å². The summed E-state index contributed by atoms with van der Waals surface area (Å²) in [6, 6.07) is 12.3. The second-order valence-corrected chi connectivity index (χ2v) is 13.6. The second-order valence-electron chi connectivity index (χ2n) is 9.48. The molecule has 1 fully saturated rings. The van der Waals surface area contributed by atoms with E-state index in [1.807, 2.05) is 30.3 Å². The minimum absolute atomic E-state index is 0.211. The fourth-order valence-electron chi connectivity index (χ4n) is 4.30. The van der Waals surface area contributed by atoms with Crippen LogP contribution in [0.5, 0.6) is 0 Å². The molecule has 0 amide bonds. The van der Waals surface area contributed by atoms with E-state index in [0.29, 0.717) is 30.8 Å². The number of piperidine rings is 1. The molecule has 0 unspecified atom stereocenters. The van der Waals surface area contributed by atoms with Crippen molar-refractivity contribution in [2.24, 2.45) is 5.14 Å². The molecule has 9 nitrogen and oxygen atoms in total. The van der Waals surface area contributed by atoms with E-state index < -0.39 is 36.3 Å². The number of nitrogens with zero attached hydrogens (tertiary/aromatic N) is 2. The third kappa shape index (κ3) is 9.92. The summed E-state index contributed by atoms with van der Waals surface area (Å²) < 4.78 is 90.9. The average molecular weight is 611 g/mol. The first-order valence-electron chi connectivity index (χ1n) is 12.2. The Morgan fingerprint density at radius 3 is 2.31 bits per heavy atom. The molecule has 0 bridgehead atoms. The largest absolute Gasteiger partial charge is 0.537 e. The number of anilines is 1. The molecule has 0 aromatic heterocycles. The number of benzene rings is 2. The Kier molecular flexibility index (Phi) is 10.7. The molecule has 15 heteroatoms. The van der Waals surface area contributed by atoms with Gasteiger partial charge in [0, 0.05) is 29.3 Å². The van der Waals surface area contributed by atoms with Crippen molar-refractivity contribution in [1.82, 2.24) is 9.80 Å². The quantitative estimate of drug-likeness (QED) is 0.275. The molecule has 1 heterocycles. The number of alkyl halides is 3. The molecule has 1 atom stereocenters. The number of thioether (sulfide) groups is 1. The summed E-state index contributed by atoms with van der Waals surface area (Å²) >= 11 is 1.51. The van der Waals surface area contributed by atoms with Crippen molar-refractivity contribution in [3.63, 3.8) is 0 Å². The number of rotatable bonds is 12. The van der Waals surface area contributed by atoms with Gasteiger partial charge in [0.25, 0.3) is 0 Å². The third-order valence-corrected chi connectivity index (χ3v) is 9.76. The monoisotopic (exact) mass is 610 g/mol. The summed E-state index contributed by atoms with van der Waals surface area (Å²) in [5.74, 6) is 0.467. The highest BCUT2D eigenvalue weighted by atomic mass is 32.2. The van der Waals surface area contributed by atoms with Crippen LogP contribution in [-0.2, 0) is 24.3 Å². The number of hydrogen-bond donors (Lipinski definition) is 2. The maximum Gasteiger partial charge on any atom is 0.537 e. The SMILES string of the molecule is CN(C)C1CCN(CC[C@H](CSc2ccccc2)Nc2ccc(S(N)(=O)=O)cc2S(=O)(=O)OC(F)(F)F)CC1. The van der Waals surface area contributed by atoms with Crippen molar-refractivity contribution < 1.29 is 34.2 Å². The Morgan fingerprint density at radius 2 is 1.74 bits per heavy atom. The van der Waals surface area contributed by atoms with Crippen molar-refractivity contribution >= 4 is 37.6 Å². The van der Waals surface area contributed by atoms with Gasteiger partial charge in [-0.25, -0.2) is 13.6 Å². The second kappa shape index (κ2) is 13.2. The molecular weight excluding hydrogens is 577 g/mol. The summed E-state index contributed by atoms with van der Waals surface area (Å²) in [7, 11) is -5.72. The van der Waals surface area contributed by atoms with Gasteiger partial charge in [-0.05, 0) is 76.8 Å². The fraction of sp³-hybridized carbons (Fsp3) is 0.500. The first-order valence-corrected chi connectivity index (χ1v) is 16.1. The lowest BCUT2D eigenvalue weighted by Crippen LogP contribution is -2.43. The zero-order valence-electron chi connectivity index (χ0n) is 21.6. The lowest BCUT2D eigenvalue weighted by molar-refractivity contribution is -0.271. The maximum absolute atomic E-state index is 12.9. The van der Waals surface area contributed by atoms with E-state index in [2.05, 4.69) is 33.4 Å². The Balaban J connectivity index is 1.86. The molecule has 1 aliphatic heterocycles. The minimum Gasteiger partial charge on any atom is -0.380 e. The van der Waals surface area contributed by atoms with E-state index in [9.17, 15) is 30.0 Å². The van der Waals surface area contributed by atoms with Crippen LogP contribution in [0.1, 0.15) is 19.3 Å². The molecule has 0 radical (unpaired) electrons. The minimum atomic E-state index is -5.51.